The van der Waals surface area contributed by atoms with Gasteiger partial charge in [-0.2, -0.15) is 0 Å². The molecular weight excluding hydrogens is 1130 g/mol. The lowest BCUT2D eigenvalue weighted by Gasteiger charge is -2.34. The van der Waals surface area contributed by atoms with Crippen molar-refractivity contribution in [3.05, 3.63) is 95.6 Å². The van der Waals surface area contributed by atoms with E-state index in [2.05, 4.69) is 15.1 Å². The molecule has 0 unspecified atom stereocenters. The highest BCUT2D eigenvalue weighted by atomic mass is 16.6. The minimum atomic E-state index is -1.53. The molecule has 2 heterocycles. The molecule has 486 valence electrons. The van der Waals surface area contributed by atoms with Crippen LogP contribution in [0.15, 0.2) is 78.9 Å². The summed E-state index contributed by atoms with van der Waals surface area (Å²) in [6, 6.07) is 19.7. The molecule has 2 fully saturated rings. The van der Waals surface area contributed by atoms with Crippen molar-refractivity contribution < 1.29 is 71.5 Å². The first-order chi connectivity index (χ1) is 41.8. The molecule has 2 aliphatic heterocycles. The van der Waals surface area contributed by atoms with Crippen LogP contribution in [0, 0.1) is 23.7 Å². The second kappa shape index (κ2) is 35.2. The van der Waals surface area contributed by atoms with Crippen molar-refractivity contribution in [3.63, 3.8) is 0 Å². The highest BCUT2D eigenvalue weighted by molar-refractivity contribution is 5.93. The Morgan fingerprint density at radius 2 is 0.807 bits per heavy atom. The molecule has 1 N–H and O–H groups in total. The number of hydrogen-bond donors (Lipinski definition) is 1. The molecule has 5 rings (SSSR count). The summed E-state index contributed by atoms with van der Waals surface area (Å²) in [5.41, 5.74) is 4.03. The van der Waals surface area contributed by atoms with Crippen molar-refractivity contribution in [2.24, 2.45) is 23.7 Å². The van der Waals surface area contributed by atoms with E-state index < -0.39 is 96.2 Å². The van der Waals surface area contributed by atoms with Crippen molar-refractivity contribution in [2.45, 2.75) is 163 Å². The number of amides is 3. The predicted molar refractivity (Wildman–Crippen MR) is 334 cm³/mol. The molecule has 0 aliphatic carbocycles. The summed E-state index contributed by atoms with van der Waals surface area (Å²) in [5, 5.41) is 3.01. The summed E-state index contributed by atoms with van der Waals surface area (Å²) < 4.78 is 40.4. The third kappa shape index (κ3) is 21.9. The fourth-order valence-corrected chi connectivity index (χ4v) is 10.6. The lowest BCUT2D eigenvalue weighted by Crippen LogP contribution is -2.53. The van der Waals surface area contributed by atoms with Crippen LogP contribution < -0.4 is 15.1 Å². The van der Waals surface area contributed by atoms with Crippen LogP contribution in [-0.4, -0.2) is 192 Å². The molecule has 21 nitrogen and oxygen atoms in total. The average Bonchev–Trinajstić information content (AvgIpc) is 2.79. The highest BCUT2D eigenvalue weighted by Gasteiger charge is 2.42. The summed E-state index contributed by atoms with van der Waals surface area (Å²) in [4.78, 5) is 123. The Balaban J connectivity index is 1.38. The van der Waals surface area contributed by atoms with Gasteiger partial charge in [-0.05, 0) is 111 Å². The van der Waals surface area contributed by atoms with Crippen molar-refractivity contribution >= 4 is 58.9 Å². The average molecular weight is 1230 g/mol. The van der Waals surface area contributed by atoms with Gasteiger partial charge in [-0.3, -0.25) is 19.2 Å². The Kier molecular flexibility index (Phi) is 28.6. The number of benzene rings is 3. The molecule has 0 radical (unpaired) electrons. The van der Waals surface area contributed by atoms with E-state index in [1.165, 1.54) is 44.8 Å². The van der Waals surface area contributed by atoms with Gasteiger partial charge >= 0.3 is 29.8 Å². The molecule has 3 amide bonds. The summed E-state index contributed by atoms with van der Waals surface area (Å²) in [6.45, 7) is 23.1. The molecular formula is C67H98N6O15. The smallest absolute Gasteiger partial charge is 0.347 e. The van der Waals surface area contributed by atoms with Crippen LogP contribution >= 0.6 is 0 Å². The van der Waals surface area contributed by atoms with Gasteiger partial charge in [-0.15, -0.1) is 0 Å². The van der Waals surface area contributed by atoms with E-state index in [1.807, 2.05) is 122 Å². The van der Waals surface area contributed by atoms with E-state index in [0.717, 1.165) is 40.5 Å². The summed E-state index contributed by atoms with van der Waals surface area (Å²) in [6.07, 6.45) is -5.02. The summed E-state index contributed by atoms with van der Waals surface area (Å²) in [7, 11) is 5.90. The van der Waals surface area contributed by atoms with E-state index in [0.29, 0.717) is 51.5 Å². The second-order valence-electron chi connectivity index (χ2n) is 24.8. The largest absolute Gasteiger partial charge is 0.458 e. The maximum absolute atomic E-state index is 15.0. The number of anilines is 2. The molecule has 0 bridgehead atoms. The van der Waals surface area contributed by atoms with Gasteiger partial charge < -0.3 is 63.0 Å². The molecule has 2 aliphatic rings. The van der Waals surface area contributed by atoms with Crippen LogP contribution in [0.1, 0.15) is 112 Å². The minimum absolute atomic E-state index is 0.00902. The zero-order valence-corrected chi connectivity index (χ0v) is 54.4. The molecule has 88 heavy (non-hydrogen) atoms. The Morgan fingerprint density at radius 1 is 0.443 bits per heavy atom. The number of likely N-dealkylation sites (N-methyl/N-ethyl adjacent to an activating group) is 4. The number of morpholine rings is 2. The van der Waals surface area contributed by atoms with Crippen molar-refractivity contribution in [1.29, 1.82) is 0 Å². The van der Waals surface area contributed by atoms with E-state index in [-0.39, 0.29) is 62.4 Å². The fourth-order valence-electron chi connectivity index (χ4n) is 10.6. The quantitative estimate of drug-likeness (QED) is 0.0499. The Morgan fingerprint density at radius 3 is 1.19 bits per heavy atom. The van der Waals surface area contributed by atoms with Gasteiger partial charge in [0.15, 0.2) is 24.4 Å². The normalized spacial score (nSPS) is 16.3. The molecule has 3 aromatic rings. The number of carbonyl (C=O) groups is 8. The number of nitrogens with one attached hydrogen (secondary N) is 1. The lowest BCUT2D eigenvalue weighted by atomic mass is 10.00. The molecule has 21 heteroatoms. The lowest BCUT2D eigenvalue weighted by molar-refractivity contribution is -0.175. The van der Waals surface area contributed by atoms with E-state index in [9.17, 15) is 38.4 Å². The first kappa shape index (κ1) is 71.7. The van der Waals surface area contributed by atoms with E-state index in [4.69, 9.17) is 33.2 Å². The monoisotopic (exact) mass is 1230 g/mol. The van der Waals surface area contributed by atoms with Crippen LogP contribution in [0.3, 0.4) is 0 Å². The maximum Gasteiger partial charge on any atom is 0.347 e. The topological polar surface area (TPSA) is 229 Å². The van der Waals surface area contributed by atoms with Gasteiger partial charge in [0, 0.05) is 71.5 Å². The Labute approximate surface area is 521 Å². The fraction of sp³-hybridized carbons (Fsp3) is 0.612. The van der Waals surface area contributed by atoms with Crippen molar-refractivity contribution in [2.75, 3.05) is 90.6 Å². The third-order valence-electron chi connectivity index (χ3n) is 15.7. The van der Waals surface area contributed by atoms with E-state index >= 15 is 0 Å². The van der Waals surface area contributed by atoms with Gasteiger partial charge in [0.2, 0.25) is 0 Å². The van der Waals surface area contributed by atoms with Crippen LogP contribution in [0.25, 0.3) is 0 Å². The molecule has 0 aromatic heterocycles. The minimum Gasteiger partial charge on any atom is -0.458 e. The predicted octanol–water partition coefficient (Wildman–Crippen LogP) is 6.83. The second-order valence-corrected chi connectivity index (χ2v) is 24.8. The molecule has 0 saturated carbocycles. The Bertz CT molecular complexity index is 2710. The highest BCUT2D eigenvalue weighted by Crippen LogP contribution is 2.26. The molecule has 3 aromatic carbocycles. The number of nitrogens with zero attached hydrogens (tertiary/aromatic N) is 5. The third-order valence-corrected chi connectivity index (χ3v) is 15.7. The summed E-state index contributed by atoms with van der Waals surface area (Å²) >= 11 is 0. The van der Waals surface area contributed by atoms with Gasteiger partial charge in [-0.1, -0.05) is 110 Å². The van der Waals surface area contributed by atoms with Gasteiger partial charge in [-0.25, -0.2) is 19.2 Å². The first-order valence-corrected chi connectivity index (χ1v) is 31.1. The van der Waals surface area contributed by atoms with E-state index in [1.54, 1.807) is 19.2 Å². The molecule has 0 spiro atoms. The van der Waals surface area contributed by atoms with Gasteiger partial charge in [0.25, 0.3) is 17.7 Å². The standard InChI is InChI=1S/C67H98N6O15/c1-43(2)36-54(68-11)64(78)87-58(40-49-20-24-52(25-21-49)72-28-32-82-33-29-72)61(75)70(13)55(37-44(3)4)65(79)85-47(9)60(74)69(12)57(39-46(7)8)67(81)88-59(41-50-22-26-53(27-23-50)73-30-34-83-35-31-73)62(76)71(14)56(38-45(5)6)66(80)86-48(10)63(77)84-42-51-18-16-15-17-19-51/h15-27,43-48,54-59,68H,28-42H2,1-14H3/t47-,48-,54+,55+,56+,57+,58-,59-/m1/s1. The number of rotatable bonds is 32. The van der Waals surface area contributed by atoms with Gasteiger partial charge in [0.1, 0.15) is 30.8 Å². The maximum atomic E-state index is 15.0. The zero-order chi connectivity index (χ0) is 64.8. The summed E-state index contributed by atoms with van der Waals surface area (Å²) in [5.74, 6) is -6.58. The Hall–Kier alpha value is -7.10. The van der Waals surface area contributed by atoms with Crippen LogP contribution in [-0.2, 0) is 91.0 Å². The zero-order valence-electron chi connectivity index (χ0n) is 54.4. The van der Waals surface area contributed by atoms with Crippen LogP contribution in [0.2, 0.25) is 0 Å². The van der Waals surface area contributed by atoms with Crippen LogP contribution in [0.4, 0.5) is 11.4 Å². The van der Waals surface area contributed by atoms with Gasteiger partial charge in [0.05, 0.1) is 26.4 Å². The first-order valence-electron chi connectivity index (χ1n) is 31.1. The number of esters is 5. The van der Waals surface area contributed by atoms with Crippen molar-refractivity contribution in [3.8, 4) is 0 Å². The number of hydrogen-bond acceptors (Lipinski definition) is 18. The number of ether oxygens (including phenoxy) is 7. The van der Waals surface area contributed by atoms with Crippen LogP contribution in [0.5, 0.6) is 0 Å². The molecule has 2 saturated heterocycles. The van der Waals surface area contributed by atoms with Crippen molar-refractivity contribution in [1.82, 2.24) is 20.0 Å². The SMILES string of the molecule is CN[C@@H](CC(C)C)C(=O)O[C@H](Cc1ccc(N2CCOCC2)cc1)C(=O)N(C)[C@@H](CC(C)C)C(=O)O[C@H](C)C(=O)N(C)[C@@H](CC(C)C)C(=O)O[C@H](Cc1ccc(N2CCOCC2)cc1)C(=O)N(C)[C@@H](CC(C)C)C(=O)O[C@H](C)C(=O)OCc1ccccc1. The molecule has 8 atom stereocenters. The number of carbonyl (C=O) groups excluding carboxylic acids is 8.